The van der Waals surface area contributed by atoms with Gasteiger partial charge in [-0.3, -0.25) is 4.21 Å². The number of alkyl halides is 10. The zero-order valence-electron chi connectivity index (χ0n) is 7.45. The fourth-order valence-corrected chi connectivity index (χ4v) is 1.18. The Labute approximate surface area is 93.8 Å². The molecule has 14 heteroatoms. The van der Waals surface area contributed by atoms with E-state index in [9.17, 15) is 52.7 Å². The third kappa shape index (κ3) is 2.85. The Morgan fingerprint density at radius 3 is 1.06 bits per heavy atom. The first kappa shape index (κ1) is 17.4. The zero-order valence-corrected chi connectivity index (χ0v) is 8.27. The molecule has 0 aromatic carbocycles. The highest BCUT2D eigenvalue weighted by Crippen LogP contribution is 2.48. The quantitative estimate of drug-likeness (QED) is 0.456. The minimum absolute atomic E-state index is 3.29. The summed E-state index contributed by atoms with van der Waals surface area (Å²) in [7, 11) is 0. The van der Waals surface area contributed by atoms with E-state index in [0.717, 1.165) is 0 Å². The molecule has 0 aliphatic rings. The molecule has 0 aliphatic carbocycles. The molecule has 0 spiro atoms. The third-order valence-corrected chi connectivity index (χ3v) is 2.10. The van der Waals surface area contributed by atoms with Gasteiger partial charge in [0.2, 0.25) is 0 Å². The lowest BCUT2D eigenvalue weighted by atomic mass is 10.4. The van der Waals surface area contributed by atoms with Crippen molar-refractivity contribution in [3.8, 4) is 0 Å². The highest BCUT2D eigenvalue weighted by molar-refractivity contribution is 7.76. The lowest BCUT2D eigenvalue weighted by Crippen LogP contribution is -2.64. The van der Waals surface area contributed by atoms with E-state index in [-0.39, 0.29) is 0 Å². The fraction of sp³-hybridized carbons (Fsp3) is 1.00. The van der Waals surface area contributed by atoms with E-state index in [1.54, 1.807) is 0 Å². The summed E-state index contributed by atoms with van der Waals surface area (Å²) in [6.07, 6.45) is -13.9. The SMILES string of the molecule is O=S([O-])N(C(F)(F)C(F)(F)F)C(F)(F)C(F)(F)F. The van der Waals surface area contributed by atoms with Crippen LogP contribution in [0.1, 0.15) is 0 Å². The first-order valence-electron chi connectivity index (χ1n) is 3.35. The second kappa shape index (κ2) is 4.48. The highest BCUT2D eigenvalue weighted by Gasteiger charge is 2.75. The first-order chi connectivity index (χ1) is 7.57. The molecular formula is C4F10NO2S-. The lowest BCUT2D eigenvalue weighted by Gasteiger charge is -2.38. The largest absolute Gasteiger partial charge is 0.759 e. The minimum Gasteiger partial charge on any atom is -0.759 e. The van der Waals surface area contributed by atoms with Crippen LogP contribution in [0.4, 0.5) is 43.9 Å². The van der Waals surface area contributed by atoms with Gasteiger partial charge in [-0.05, 0) is 0 Å². The van der Waals surface area contributed by atoms with Gasteiger partial charge in [-0.25, -0.2) is 0 Å². The van der Waals surface area contributed by atoms with Crippen LogP contribution in [-0.4, -0.2) is 37.5 Å². The van der Waals surface area contributed by atoms with Gasteiger partial charge in [-0.2, -0.15) is 43.9 Å². The number of hydrogen-bond donors (Lipinski definition) is 0. The van der Waals surface area contributed by atoms with Gasteiger partial charge in [0.1, 0.15) is 0 Å². The number of nitrogens with zero attached hydrogens (tertiary/aromatic N) is 1. The Morgan fingerprint density at radius 2 is 0.944 bits per heavy atom. The van der Waals surface area contributed by atoms with Crippen LogP contribution in [0.15, 0.2) is 0 Å². The van der Waals surface area contributed by atoms with Crippen LogP contribution < -0.4 is 0 Å². The predicted molar refractivity (Wildman–Crippen MR) is 32.8 cm³/mol. The molecule has 0 aromatic rings. The summed E-state index contributed by atoms with van der Waals surface area (Å²) >= 11 is -5.19. The van der Waals surface area contributed by atoms with Crippen molar-refractivity contribution >= 4 is 11.3 Å². The summed E-state index contributed by atoms with van der Waals surface area (Å²) in [5, 5.41) is 0. The third-order valence-electron chi connectivity index (χ3n) is 1.34. The van der Waals surface area contributed by atoms with Crippen molar-refractivity contribution in [1.29, 1.82) is 0 Å². The molecule has 0 radical (unpaired) electrons. The van der Waals surface area contributed by atoms with E-state index in [1.165, 1.54) is 0 Å². The molecule has 18 heavy (non-hydrogen) atoms. The summed E-state index contributed by atoms with van der Waals surface area (Å²) in [5.74, 6) is 0. The topological polar surface area (TPSA) is 43.4 Å². The van der Waals surface area contributed by atoms with Gasteiger partial charge >= 0.3 is 24.4 Å². The van der Waals surface area contributed by atoms with Gasteiger partial charge in [0.05, 0.1) is 0 Å². The molecule has 0 aliphatic heterocycles. The Hall–Kier alpha value is -0.630. The molecule has 3 nitrogen and oxygen atoms in total. The van der Waals surface area contributed by atoms with Crippen molar-refractivity contribution in [2.24, 2.45) is 0 Å². The molecule has 0 saturated heterocycles. The van der Waals surface area contributed by atoms with Crippen molar-refractivity contribution in [3.63, 3.8) is 0 Å². The van der Waals surface area contributed by atoms with E-state index < -0.39 is 40.0 Å². The minimum atomic E-state index is -6.96. The van der Waals surface area contributed by atoms with E-state index in [2.05, 4.69) is 0 Å². The monoisotopic (exact) mass is 316 g/mol. The van der Waals surface area contributed by atoms with Gasteiger partial charge in [0.25, 0.3) is 0 Å². The molecule has 0 amide bonds. The fourth-order valence-electron chi connectivity index (χ4n) is 0.594. The first-order valence-corrected chi connectivity index (χ1v) is 4.38. The molecule has 0 fully saturated rings. The lowest BCUT2D eigenvalue weighted by molar-refractivity contribution is -0.406. The molecule has 0 heterocycles. The van der Waals surface area contributed by atoms with Crippen LogP contribution in [0.5, 0.6) is 0 Å². The van der Waals surface area contributed by atoms with Crippen molar-refractivity contribution < 1.29 is 52.7 Å². The van der Waals surface area contributed by atoms with Crippen LogP contribution in [0.25, 0.3) is 0 Å². The van der Waals surface area contributed by atoms with Crippen LogP contribution in [-0.2, 0) is 11.3 Å². The average Bonchev–Trinajstić information content (AvgIpc) is 1.96. The average molecular weight is 316 g/mol. The van der Waals surface area contributed by atoms with Gasteiger partial charge in [0.15, 0.2) is 0 Å². The Balaban J connectivity index is 5.85. The van der Waals surface area contributed by atoms with E-state index in [0.29, 0.717) is 0 Å². The standard InChI is InChI=1S/C4HF10NO2S/c5-1(6,7)3(11,12)15(18(16)17)4(13,14)2(8,9)10/h(H,16,17)/p-1. The summed E-state index contributed by atoms with van der Waals surface area (Å²) in [6.45, 7) is 0. The van der Waals surface area contributed by atoms with Gasteiger partial charge in [-0.1, -0.05) is 4.31 Å². The molecule has 0 rings (SSSR count). The second-order valence-electron chi connectivity index (χ2n) is 2.59. The molecule has 0 bridgehead atoms. The van der Waals surface area contributed by atoms with Gasteiger partial charge in [0, 0.05) is 11.3 Å². The zero-order chi connectivity index (χ0) is 15.2. The molecule has 1 unspecified atom stereocenters. The van der Waals surface area contributed by atoms with Crippen LogP contribution in [0, 0.1) is 0 Å². The summed E-state index contributed by atoms with van der Waals surface area (Å²) in [5.41, 5.74) is 0. The van der Waals surface area contributed by atoms with Gasteiger partial charge in [-0.15, -0.1) is 0 Å². The Kier molecular flexibility index (Phi) is 4.33. The van der Waals surface area contributed by atoms with Crippen molar-refractivity contribution in [3.05, 3.63) is 0 Å². The predicted octanol–water partition coefficient (Wildman–Crippen LogP) is 2.39. The van der Waals surface area contributed by atoms with Crippen LogP contribution in [0.2, 0.25) is 0 Å². The molecule has 0 aromatic heterocycles. The second-order valence-corrected chi connectivity index (χ2v) is 3.39. The molecule has 0 saturated carbocycles. The number of rotatable bonds is 3. The maximum atomic E-state index is 12.3. The maximum absolute atomic E-state index is 12.3. The van der Waals surface area contributed by atoms with E-state index in [1.807, 2.05) is 0 Å². The van der Waals surface area contributed by atoms with Crippen LogP contribution >= 0.6 is 0 Å². The van der Waals surface area contributed by atoms with Crippen LogP contribution in [0.3, 0.4) is 0 Å². The highest BCUT2D eigenvalue weighted by atomic mass is 32.2. The molecule has 1 atom stereocenters. The van der Waals surface area contributed by atoms with E-state index >= 15 is 0 Å². The number of hydrogen-bond acceptors (Lipinski definition) is 2. The smallest absolute Gasteiger partial charge is 0.470 e. The van der Waals surface area contributed by atoms with Gasteiger partial charge < -0.3 is 4.55 Å². The summed E-state index contributed by atoms with van der Waals surface area (Å²) < 4.78 is 135. The summed E-state index contributed by atoms with van der Waals surface area (Å²) in [4.78, 5) is 0. The molecular weight excluding hydrogens is 316 g/mol. The Bertz CT molecular complexity index is 308. The van der Waals surface area contributed by atoms with E-state index in [4.69, 9.17) is 0 Å². The normalized spacial score (nSPS) is 17.1. The Morgan fingerprint density at radius 1 is 0.722 bits per heavy atom. The number of halogens is 10. The van der Waals surface area contributed by atoms with Crippen molar-refractivity contribution in [1.82, 2.24) is 4.31 Å². The van der Waals surface area contributed by atoms with Crippen molar-refractivity contribution in [2.45, 2.75) is 24.4 Å². The molecule has 110 valence electrons. The molecule has 0 N–H and O–H groups in total. The summed E-state index contributed by atoms with van der Waals surface area (Å²) in [6, 6.07) is -13.9. The van der Waals surface area contributed by atoms with Crippen molar-refractivity contribution in [2.75, 3.05) is 0 Å². The maximum Gasteiger partial charge on any atom is 0.470 e.